The lowest BCUT2D eigenvalue weighted by Crippen LogP contribution is -2.48. The standard InChI is InChI=1S/C35H48N6O4S/c1-34(2,3)25-11-12-27-23(18-25)17-24-20-29(46-31(24)39-27)30(42)38-28(21-36-33(44)45-35(4,5)6)22-9-8-10-26(19-22)37-32(43)41-15-13-40(7)14-16-41/h8-10,17,19-20,25,28H,11-16,18,21H2,1-7H3,(H,36,44)(H,37,43)(H,38,42)/t25-,28+/m1/s1. The molecular weight excluding hydrogens is 600 g/mol. The number of urea groups is 1. The van der Waals surface area contributed by atoms with E-state index in [0.29, 0.717) is 29.6 Å². The molecule has 3 aromatic rings. The van der Waals surface area contributed by atoms with Crippen molar-refractivity contribution in [3.63, 3.8) is 0 Å². The first-order valence-corrected chi connectivity index (χ1v) is 17.0. The van der Waals surface area contributed by atoms with Crippen molar-refractivity contribution in [1.29, 1.82) is 0 Å². The molecule has 1 aromatic carbocycles. The maximum absolute atomic E-state index is 13.7. The summed E-state index contributed by atoms with van der Waals surface area (Å²) in [4.78, 5) is 49.6. The molecule has 248 valence electrons. The van der Waals surface area contributed by atoms with Crippen LogP contribution in [0.2, 0.25) is 0 Å². The number of fused-ring (bicyclic) bond motifs is 2. The fraction of sp³-hybridized carbons (Fsp3) is 0.543. The summed E-state index contributed by atoms with van der Waals surface area (Å²) in [6.45, 7) is 15.4. The number of amides is 4. The average Bonchev–Trinajstić information content (AvgIpc) is 3.40. The predicted octanol–water partition coefficient (Wildman–Crippen LogP) is 6.22. The van der Waals surface area contributed by atoms with Gasteiger partial charge >= 0.3 is 12.1 Å². The van der Waals surface area contributed by atoms with Gasteiger partial charge in [0.2, 0.25) is 0 Å². The number of anilines is 1. The van der Waals surface area contributed by atoms with Crippen molar-refractivity contribution in [2.24, 2.45) is 11.3 Å². The third-order valence-electron chi connectivity index (χ3n) is 8.81. The second-order valence-electron chi connectivity index (χ2n) is 14.7. The van der Waals surface area contributed by atoms with Gasteiger partial charge in [-0.2, -0.15) is 0 Å². The minimum atomic E-state index is -0.660. The number of aromatic nitrogens is 1. The van der Waals surface area contributed by atoms with Crippen LogP contribution in [0.25, 0.3) is 10.2 Å². The Hall–Kier alpha value is -3.70. The molecule has 10 nitrogen and oxygen atoms in total. The van der Waals surface area contributed by atoms with Crippen molar-refractivity contribution in [3.05, 3.63) is 58.1 Å². The lowest BCUT2D eigenvalue weighted by molar-refractivity contribution is 0.0520. The Morgan fingerprint density at radius 3 is 2.48 bits per heavy atom. The molecule has 0 saturated carbocycles. The molecule has 3 heterocycles. The monoisotopic (exact) mass is 648 g/mol. The summed E-state index contributed by atoms with van der Waals surface area (Å²) >= 11 is 1.38. The lowest BCUT2D eigenvalue weighted by Gasteiger charge is -2.34. The first-order valence-electron chi connectivity index (χ1n) is 16.2. The molecule has 46 heavy (non-hydrogen) atoms. The number of aryl methyl sites for hydroxylation is 1. The second kappa shape index (κ2) is 13.6. The highest BCUT2D eigenvalue weighted by atomic mass is 32.1. The zero-order valence-corrected chi connectivity index (χ0v) is 29.0. The highest BCUT2D eigenvalue weighted by molar-refractivity contribution is 7.20. The quantitative estimate of drug-likeness (QED) is 0.292. The molecule has 0 radical (unpaired) electrons. The van der Waals surface area contributed by atoms with Gasteiger partial charge in [-0.1, -0.05) is 32.9 Å². The summed E-state index contributed by atoms with van der Waals surface area (Å²) in [6.07, 6.45) is 2.50. The van der Waals surface area contributed by atoms with Gasteiger partial charge in [0.1, 0.15) is 10.4 Å². The van der Waals surface area contributed by atoms with E-state index in [4.69, 9.17) is 9.72 Å². The normalized spacial score (nSPS) is 18.1. The number of thiophene rings is 1. The number of pyridine rings is 1. The van der Waals surface area contributed by atoms with Crippen molar-refractivity contribution in [1.82, 2.24) is 25.4 Å². The van der Waals surface area contributed by atoms with Gasteiger partial charge in [-0.3, -0.25) is 4.79 Å². The number of piperazine rings is 1. The largest absolute Gasteiger partial charge is 0.444 e. The van der Waals surface area contributed by atoms with Crippen LogP contribution in [0.4, 0.5) is 15.3 Å². The number of benzene rings is 1. The Balaban J connectivity index is 1.34. The van der Waals surface area contributed by atoms with Crippen molar-refractivity contribution < 1.29 is 19.1 Å². The number of likely N-dealkylation sites (N-methyl/N-ethyl adjacent to an activating group) is 1. The van der Waals surface area contributed by atoms with Gasteiger partial charge in [-0.25, -0.2) is 14.6 Å². The maximum Gasteiger partial charge on any atom is 0.407 e. The minimum absolute atomic E-state index is 0.0994. The third-order valence-corrected chi connectivity index (χ3v) is 9.85. The van der Waals surface area contributed by atoms with Gasteiger partial charge in [0, 0.05) is 49.5 Å². The zero-order chi connectivity index (χ0) is 33.2. The van der Waals surface area contributed by atoms with Crippen LogP contribution in [0.15, 0.2) is 36.4 Å². The molecule has 0 spiro atoms. The Labute approximate surface area is 276 Å². The average molecular weight is 649 g/mol. The van der Waals surface area contributed by atoms with E-state index < -0.39 is 17.7 Å². The lowest BCUT2D eigenvalue weighted by atomic mass is 9.71. The van der Waals surface area contributed by atoms with E-state index in [0.717, 1.165) is 53.8 Å². The fourth-order valence-electron chi connectivity index (χ4n) is 6.00. The highest BCUT2D eigenvalue weighted by Crippen LogP contribution is 2.38. The molecule has 1 saturated heterocycles. The summed E-state index contributed by atoms with van der Waals surface area (Å²) < 4.78 is 5.45. The van der Waals surface area contributed by atoms with E-state index in [1.807, 2.05) is 37.4 Å². The molecular formula is C35H48N6O4S. The Bertz CT molecular complexity index is 1580. The van der Waals surface area contributed by atoms with E-state index in [1.54, 1.807) is 25.7 Å². The highest BCUT2D eigenvalue weighted by Gasteiger charge is 2.30. The Morgan fingerprint density at radius 1 is 1.04 bits per heavy atom. The van der Waals surface area contributed by atoms with Crippen LogP contribution in [-0.4, -0.2) is 78.2 Å². The smallest absolute Gasteiger partial charge is 0.407 e. The Kier molecular flexibility index (Phi) is 9.93. The second-order valence-corrected chi connectivity index (χ2v) is 15.7. The molecule has 2 aliphatic rings. The maximum atomic E-state index is 13.7. The van der Waals surface area contributed by atoms with Crippen LogP contribution < -0.4 is 16.0 Å². The number of rotatable bonds is 6. The summed E-state index contributed by atoms with van der Waals surface area (Å²) in [6, 6.07) is 10.7. The number of ether oxygens (including phenoxy) is 1. The molecule has 11 heteroatoms. The van der Waals surface area contributed by atoms with Gasteiger partial charge in [0.05, 0.1) is 10.9 Å². The molecule has 1 fully saturated rings. The number of nitrogens with one attached hydrogen (secondary N) is 3. The van der Waals surface area contributed by atoms with Crippen LogP contribution in [-0.2, 0) is 17.6 Å². The molecule has 1 aliphatic carbocycles. The van der Waals surface area contributed by atoms with Crippen molar-refractivity contribution in [2.75, 3.05) is 45.1 Å². The summed E-state index contributed by atoms with van der Waals surface area (Å²) in [5.74, 6) is 0.345. The third kappa shape index (κ3) is 8.55. The first kappa shape index (κ1) is 33.7. The van der Waals surface area contributed by atoms with Gasteiger partial charge in [-0.05, 0) is 93.8 Å². The van der Waals surface area contributed by atoms with Gasteiger partial charge in [0.15, 0.2) is 0 Å². The van der Waals surface area contributed by atoms with Gasteiger partial charge in [-0.15, -0.1) is 11.3 Å². The molecule has 4 amide bonds. The first-order chi connectivity index (χ1) is 21.6. The Morgan fingerprint density at radius 2 is 1.78 bits per heavy atom. The van der Waals surface area contributed by atoms with Crippen molar-refractivity contribution in [2.45, 2.75) is 72.4 Å². The molecule has 5 rings (SSSR count). The summed E-state index contributed by atoms with van der Waals surface area (Å²) in [5.41, 5.74) is 3.34. The van der Waals surface area contributed by atoms with E-state index in [1.165, 1.54) is 16.9 Å². The predicted molar refractivity (Wildman–Crippen MR) is 184 cm³/mol. The van der Waals surface area contributed by atoms with E-state index in [9.17, 15) is 14.4 Å². The summed E-state index contributed by atoms with van der Waals surface area (Å²) in [7, 11) is 2.04. The molecule has 0 unspecified atom stereocenters. The number of carbonyl (C=O) groups excluding carboxylic acids is 3. The van der Waals surface area contributed by atoms with Crippen LogP contribution in [0.1, 0.15) is 80.5 Å². The molecule has 0 bridgehead atoms. The minimum Gasteiger partial charge on any atom is -0.444 e. The summed E-state index contributed by atoms with van der Waals surface area (Å²) in [5, 5.41) is 9.89. The fourth-order valence-corrected chi connectivity index (χ4v) is 6.94. The van der Waals surface area contributed by atoms with Crippen LogP contribution >= 0.6 is 11.3 Å². The van der Waals surface area contributed by atoms with Crippen molar-refractivity contribution in [3.8, 4) is 0 Å². The topological polar surface area (TPSA) is 116 Å². The number of carbonyl (C=O) groups is 3. The number of nitrogens with zero attached hydrogens (tertiary/aromatic N) is 3. The van der Waals surface area contributed by atoms with E-state index >= 15 is 0 Å². The number of hydrogen-bond donors (Lipinski definition) is 3. The molecule has 1 aliphatic heterocycles. The number of alkyl carbamates (subject to hydrolysis) is 1. The van der Waals surface area contributed by atoms with Crippen molar-refractivity contribution >= 4 is 45.3 Å². The number of hydrogen-bond acceptors (Lipinski definition) is 7. The van der Waals surface area contributed by atoms with E-state index in [2.05, 4.69) is 47.7 Å². The van der Waals surface area contributed by atoms with E-state index in [-0.39, 0.29) is 23.9 Å². The molecule has 2 aromatic heterocycles. The zero-order valence-electron chi connectivity index (χ0n) is 28.2. The van der Waals surface area contributed by atoms with Crippen LogP contribution in [0, 0.1) is 11.3 Å². The van der Waals surface area contributed by atoms with Crippen LogP contribution in [0.3, 0.4) is 0 Å². The van der Waals surface area contributed by atoms with Gasteiger partial charge < -0.3 is 30.5 Å². The van der Waals surface area contributed by atoms with Crippen LogP contribution in [0.5, 0.6) is 0 Å². The molecule has 3 N–H and O–H groups in total. The molecule has 2 atom stereocenters. The van der Waals surface area contributed by atoms with Gasteiger partial charge in [0.25, 0.3) is 5.91 Å². The SMILES string of the molecule is CN1CCN(C(=O)Nc2cccc([C@H](CNC(=O)OC(C)(C)C)NC(=O)c3cc4cc5c(nc4s3)CC[C@@H](C(C)(C)C)C5)c2)CC1.